The summed E-state index contributed by atoms with van der Waals surface area (Å²) < 4.78 is 45.6. The van der Waals surface area contributed by atoms with Gasteiger partial charge in [-0.15, -0.1) is 0 Å². The predicted molar refractivity (Wildman–Crippen MR) is 77.0 cm³/mol. The largest absolute Gasteiger partial charge is 0.432 e. The molecule has 1 aromatic rings. The summed E-state index contributed by atoms with van der Waals surface area (Å²) in [6.45, 7) is 1.25. The smallest absolute Gasteiger partial charge is 0.428 e. The summed E-state index contributed by atoms with van der Waals surface area (Å²) in [4.78, 5) is 22.5. The van der Waals surface area contributed by atoms with Crippen LogP contribution in [-0.4, -0.2) is 23.1 Å². The average Bonchev–Trinajstić information content (AvgIpc) is 2.37. The van der Waals surface area contributed by atoms with Crippen LogP contribution in [-0.2, 0) is 15.1 Å². The van der Waals surface area contributed by atoms with Gasteiger partial charge in [-0.2, -0.15) is 13.2 Å². The molecule has 22 heavy (non-hydrogen) atoms. The number of hydrogen-bond acceptors (Lipinski definition) is 4. The molecule has 0 spiro atoms. The highest BCUT2D eigenvalue weighted by atomic mass is 35.5. The van der Waals surface area contributed by atoms with Crippen LogP contribution < -0.4 is 5.32 Å². The van der Waals surface area contributed by atoms with Crippen molar-refractivity contribution in [2.45, 2.75) is 25.1 Å². The SMILES string of the molecule is CC(=O)SCCC1(C(F)(F)F)OC(=O)Nc2ccc(Cl)cc21. The van der Waals surface area contributed by atoms with E-state index in [2.05, 4.69) is 10.1 Å². The molecule has 4 nitrogen and oxygen atoms in total. The first-order valence-corrected chi connectivity index (χ1v) is 7.52. The molecule has 1 unspecified atom stereocenters. The Morgan fingerprint density at radius 3 is 2.73 bits per heavy atom. The second kappa shape index (κ2) is 6.00. The van der Waals surface area contributed by atoms with Gasteiger partial charge in [-0.1, -0.05) is 23.4 Å². The number of alkyl halides is 3. The minimum Gasteiger partial charge on any atom is -0.428 e. The van der Waals surface area contributed by atoms with E-state index in [4.69, 9.17) is 11.6 Å². The lowest BCUT2D eigenvalue weighted by molar-refractivity contribution is -0.265. The number of rotatable bonds is 3. The van der Waals surface area contributed by atoms with Crippen molar-refractivity contribution in [1.29, 1.82) is 0 Å². The van der Waals surface area contributed by atoms with Gasteiger partial charge in [-0.3, -0.25) is 10.1 Å². The fraction of sp³-hybridized carbons (Fsp3) is 0.385. The second-order valence-corrected chi connectivity index (χ2v) is 6.33. The third-order valence-electron chi connectivity index (χ3n) is 3.14. The lowest BCUT2D eigenvalue weighted by atomic mass is 9.87. The Hall–Kier alpha value is -1.41. The first-order valence-electron chi connectivity index (χ1n) is 6.16. The van der Waals surface area contributed by atoms with Crippen molar-refractivity contribution in [3.63, 3.8) is 0 Å². The summed E-state index contributed by atoms with van der Waals surface area (Å²) in [6.07, 6.45) is -6.62. The van der Waals surface area contributed by atoms with Gasteiger partial charge in [-0.05, 0) is 18.2 Å². The normalized spacial score (nSPS) is 20.9. The third kappa shape index (κ3) is 3.17. The van der Waals surface area contributed by atoms with Crippen molar-refractivity contribution >= 4 is 40.3 Å². The monoisotopic (exact) mass is 353 g/mol. The maximum Gasteiger partial charge on any atom is 0.432 e. The Kier molecular flexibility index (Phi) is 4.62. The van der Waals surface area contributed by atoms with Gasteiger partial charge in [0.05, 0.1) is 5.69 Å². The maximum absolute atomic E-state index is 13.7. The molecule has 120 valence electrons. The fourth-order valence-electron chi connectivity index (χ4n) is 2.18. The lowest BCUT2D eigenvalue weighted by Crippen LogP contribution is -2.50. The number of benzene rings is 1. The highest BCUT2D eigenvalue weighted by molar-refractivity contribution is 8.13. The Morgan fingerprint density at radius 2 is 2.14 bits per heavy atom. The van der Waals surface area contributed by atoms with Crippen LogP contribution in [0.15, 0.2) is 18.2 Å². The topological polar surface area (TPSA) is 55.4 Å². The van der Waals surface area contributed by atoms with Gasteiger partial charge in [0.25, 0.3) is 0 Å². The number of carbonyl (C=O) groups excluding carboxylic acids is 2. The van der Waals surface area contributed by atoms with E-state index in [1.54, 1.807) is 0 Å². The van der Waals surface area contributed by atoms with Crippen LogP contribution in [0.3, 0.4) is 0 Å². The lowest BCUT2D eigenvalue weighted by Gasteiger charge is -2.39. The van der Waals surface area contributed by atoms with E-state index in [1.165, 1.54) is 19.1 Å². The summed E-state index contributed by atoms with van der Waals surface area (Å²) >= 11 is 6.52. The molecule has 1 amide bonds. The quantitative estimate of drug-likeness (QED) is 0.878. The van der Waals surface area contributed by atoms with Gasteiger partial charge in [0, 0.05) is 29.7 Å². The zero-order valence-corrected chi connectivity index (χ0v) is 12.9. The van der Waals surface area contributed by atoms with E-state index < -0.39 is 24.3 Å². The summed E-state index contributed by atoms with van der Waals surface area (Å²) in [6, 6.07) is 3.77. The molecule has 9 heteroatoms. The molecule has 2 rings (SSSR count). The number of nitrogens with one attached hydrogen (secondary N) is 1. The van der Waals surface area contributed by atoms with Crippen molar-refractivity contribution in [3.05, 3.63) is 28.8 Å². The molecule has 1 aliphatic heterocycles. The fourth-order valence-corrected chi connectivity index (χ4v) is 3.03. The van der Waals surface area contributed by atoms with Crippen LogP contribution >= 0.6 is 23.4 Å². The minimum atomic E-state index is -4.85. The molecule has 0 radical (unpaired) electrons. The van der Waals surface area contributed by atoms with Crippen LogP contribution in [0.1, 0.15) is 18.9 Å². The number of halogens is 4. The maximum atomic E-state index is 13.7. The van der Waals surface area contributed by atoms with Crippen LogP contribution in [0.2, 0.25) is 5.02 Å². The molecule has 1 aliphatic rings. The number of anilines is 1. The van der Waals surface area contributed by atoms with Crippen LogP contribution in [0.5, 0.6) is 0 Å². The number of hydrogen-bond donors (Lipinski definition) is 1. The second-order valence-electron chi connectivity index (χ2n) is 4.62. The minimum absolute atomic E-state index is 0.00852. The van der Waals surface area contributed by atoms with Crippen molar-refractivity contribution in [1.82, 2.24) is 0 Å². The van der Waals surface area contributed by atoms with Crippen LogP contribution in [0.4, 0.5) is 23.7 Å². The molecular weight excluding hydrogens is 343 g/mol. The van der Waals surface area contributed by atoms with Crippen molar-refractivity contribution in [2.75, 3.05) is 11.1 Å². The highest BCUT2D eigenvalue weighted by Gasteiger charge is 2.61. The number of thioether (sulfide) groups is 1. The van der Waals surface area contributed by atoms with Crippen LogP contribution in [0, 0.1) is 0 Å². The molecule has 0 saturated carbocycles. The molecule has 1 heterocycles. The molecule has 1 N–H and O–H groups in total. The summed E-state index contributed by atoms with van der Waals surface area (Å²) in [5.74, 6) is -0.145. The van der Waals surface area contributed by atoms with Crippen molar-refractivity contribution in [3.8, 4) is 0 Å². The van der Waals surface area contributed by atoms with Gasteiger partial charge in [0.1, 0.15) is 0 Å². The Balaban J connectivity index is 2.51. The Morgan fingerprint density at radius 1 is 1.45 bits per heavy atom. The molecule has 0 aromatic heterocycles. The number of ether oxygens (including phenoxy) is 1. The number of cyclic esters (lactones) is 1. The van der Waals surface area contributed by atoms with E-state index in [0.717, 1.165) is 17.8 Å². The predicted octanol–water partition coefficient (Wildman–Crippen LogP) is 4.33. The van der Waals surface area contributed by atoms with E-state index in [9.17, 15) is 22.8 Å². The number of amides is 1. The zero-order chi connectivity index (χ0) is 16.5. The third-order valence-corrected chi connectivity index (χ3v) is 4.19. The first kappa shape index (κ1) is 17.0. The van der Waals surface area contributed by atoms with E-state index >= 15 is 0 Å². The molecular formula is C13H11ClF3NO3S. The Bertz CT molecular complexity index is 623. The Labute approximate surface area is 133 Å². The van der Waals surface area contributed by atoms with E-state index in [0.29, 0.717) is 0 Å². The summed E-state index contributed by atoms with van der Waals surface area (Å²) in [5, 5.41) is 1.99. The van der Waals surface area contributed by atoms with Gasteiger partial charge < -0.3 is 4.74 Å². The number of carbonyl (C=O) groups is 2. The van der Waals surface area contributed by atoms with E-state index in [-0.39, 0.29) is 27.1 Å². The standard InChI is InChI=1S/C13H11ClF3NO3S/c1-7(19)22-5-4-12(13(15,16)17)9-6-8(14)2-3-10(9)18-11(20)21-12/h2-3,6H,4-5H2,1H3,(H,18,20). The van der Waals surface area contributed by atoms with Gasteiger partial charge >= 0.3 is 12.3 Å². The molecule has 1 atom stereocenters. The molecule has 1 aromatic carbocycles. The van der Waals surface area contributed by atoms with Gasteiger partial charge in [0.15, 0.2) is 5.12 Å². The molecule has 0 saturated heterocycles. The number of fused-ring (bicyclic) bond motifs is 1. The van der Waals surface area contributed by atoms with E-state index in [1.807, 2.05) is 0 Å². The first-order chi connectivity index (χ1) is 10.2. The van der Waals surface area contributed by atoms with Crippen molar-refractivity contribution < 1.29 is 27.5 Å². The van der Waals surface area contributed by atoms with Crippen molar-refractivity contribution in [2.24, 2.45) is 0 Å². The summed E-state index contributed by atoms with van der Waals surface area (Å²) in [5.41, 5.74) is -3.10. The van der Waals surface area contributed by atoms with Crippen LogP contribution in [0.25, 0.3) is 0 Å². The molecule has 0 aliphatic carbocycles. The van der Waals surface area contributed by atoms with Gasteiger partial charge in [-0.25, -0.2) is 4.79 Å². The molecule has 0 bridgehead atoms. The van der Waals surface area contributed by atoms with Gasteiger partial charge in [0.2, 0.25) is 5.60 Å². The summed E-state index contributed by atoms with van der Waals surface area (Å²) in [7, 11) is 0. The average molecular weight is 354 g/mol. The zero-order valence-electron chi connectivity index (χ0n) is 11.3. The molecule has 0 fully saturated rings. The highest BCUT2D eigenvalue weighted by Crippen LogP contribution is 2.50.